The highest BCUT2D eigenvalue weighted by molar-refractivity contribution is 7.91. The Hall–Kier alpha value is -0.620. The third-order valence-corrected chi connectivity index (χ3v) is 4.73. The summed E-state index contributed by atoms with van der Waals surface area (Å²) in [4.78, 5) is 13.7. The van der Waals surface area contributed by atoms with Gasteiger partial charge in [0.15, 0.2) is 9.84 Å². The molecule has 1 amide bonds. The fraction of sp³-hybridized carbons (Fsp3) is 0.917. The highest BCUT2D eigenvalue weighted by Crippen LogP contribution is 2.35. The molecule has 0 saturated carbocycles. The van der Waals surface area contributed by atoms with E-state index in [4.69, 9.17) is 0 Å². The molecular weight excluding hydrogens is 252 g/mol. The van der Waals surface area contributed by atoms with Crippen molar-refractivity contribution < 1.29 is 13.2 Å². The molecule has 18 heavy (non-hydrogen) atoms. The Morgan fingerprint density at radius 3 is 2.67 bits per heavy atom. The molecule has 2 saturated heterocycles. The largest absolute Gasteiger partial charge is 0.341 e. The molecule has 2 fully saturated rings. The van der Waals surface area contributed by atoms with E-state index in [0.717, 1.165) is 45.0 Å². The van der Waals surface area contributed by atoms with E-state index in [9.17, 15) is 13.2 Å². The molecular formula is C12H22N2O3S. The van der Waals surface area contributed by atoms with Gasteiger partial charge in [-0.05, 0) is 32.2 Å². The summed E-state index contributed by atoms with van der Waals surface area (Å²) in [5.41, 5.74) is 0.184. The number of sulfone groups is 1. The highest BCUT2D eigenvalue weighted by atomic mass is 32.2. The number of nitrogens with one attached hydrogen (secondary N) is 1. The second kappa shape index (κ2) is 5.17. The number of carbonyl (C=O) groups is 1. The summed E-state index contributed by atoms with van der Waals surface area (Å²) in [5, 5.41) is 3.40. The molecule has 0 aromatic carbocycles. The van der Waals surface area contributed by atoms with Crippen LogP contribution in [-0.4, -0.2) is 57.4 Å². The molecule has 0 aliphatic carbocycles. The van der Waals surface area contributed by atoms with Crippen LogP contribution in [0.1, 0.15) is 25.7 Å². The predicted molar refractivity (Wildman–Crippen MR) is 70.1 cm³/mol. The van der Waals surface area contributed by atoms with Gasteiger partial charge in [-0.2, -0.15) is 0 Å². The maximum atomic E-state index is 12.0. The number of nitrogens with zero attached hydrogens (tertiary/aromatic N) is 1. The van der Waals surface area contributed by atoms with Crippen molar-refractivity contribution >= 4 is 15.7 Å². The van der Waals surface area contributed by atoms with Crippen LogP contribution in [0.5, 0.6) is 0 Å². The van der Waals surface area contributed by atoms with Crippen molar-refractivity contribution in [3.05, 3.63) is 0 Å². The summed E-state index contributed by atoms with van der Waals surface area (Å²) in [6, 6.07) is 0. The van der Waals surface area contributed by atoms with Gasteiger partial charge in [0.2, 0.25) is 5.91 Å². The van der Waals surface area contributed by atoms with Gasteiger partial charge in [-0.3, -0.25) is 4.79 Å². The Morgan fingerprint density at radius 2 is 2.06 bits per heavy atom. The predicted octanol–water partition coefficient (Wildman–Crippen LogP) is 0.0232. The molecule has 0 radical (unpaired) electrons. The Morgan fingerprint density at radius 1 is 1.33 bits per heavy atom. The van der Waals surface area contributed by atoms with Gasteiger partial charge in [-0.15, -0.1) is 0 Å². The van der Waals surface area contributed by atoms with E-state index in [1.54, 1.807) is 4.90 Å². The molecule has 2 aliphatic rings. The molecule has 1 atom stereocenters. The number of likely N-dealkylation sites (tertiary alicyclic amines) is 1. The summed E-state index contributed by atoms with van der Waals surface area (Å²) in [5.74, 6) is -0.585. The quantitative estimate of drug-likeness (QED) is 0.771. The molecule has 104 valence electrons. The van der Waals surface area contributed by atoms with Crippen LogP contribution in [0, 0.1) is 5.41 Å². The second-order valence-electron chi connectivity index (χ2n) is 5.77. The Labute approximate surface area is 109 Å². The van der Waals surface area contributed by atoms with Crippen molar-refractivity contribution in [2.24, 2.45) is 5.41 Å². The minimum Gasteiger partial charge on any atom is -0.341 e. The lowest BCUT2D eigenvalue weighted by Gasteiger charge is -2.45. The van der Waals surface area contributed by atoms with Gasteiger partial charge in [0.1, 0.15) is 5.75 Å². The molecule has 2 heterocycles. The fourth-order valence-corrected chi connectivity index (χ4v) is 3.75. The lowest BCUT2D eigenvalue weighted by molar-refractivity contribution is -0.132. The van der Waals surface area contributed by atoms with Crippen molar-refractivity contribution in [2.75, 3.05) is 38.2 Å². The van der Waals surface area contributed by atoms with Crippen molar-refractivity contribution in [1.82, 2.24) is 10.2 Å². The van der Waals surface area contributed by atoms with Gasteiger partial charge >= 0.3 is 0 Å². The zero-order chi connectivity index (χ0) is 13.2. The molecule has 0 aromatic rings. The normalized spacial score (nSPS) is 29.5. The summed E-state index contributed by atoms with van der Waals surface area (Å²) in [6.07, 6.45) is 5.53. The Balaban J connectivity index is 2.00. The molecule has 6 heteroatoms. The summed E-state index contributed by atoms with van der Waals surface area (Å²) in [6.45, 7) is 3.43. The van der Waals surface area contributed by atoms with Crippen LogP contribution in [0.15, 0.2) is 0 Å². The number of piperidine rings is 2. The van der Waals surface area contributed by atoms with Crippen molar-refractivity contribution in [2.45, 2.75) is 25.7 Å². The van der Waals surface area contributed by atoms with Crippen LogP contribution < -0.4 is 5.32 Å². The van der Waals surface area contributed by atoms with E-state index < -0.39 is 9.84 Å². The Bertz CT molecular complexity index is 408. The second-order valence-corrected chi connectivity index (χ2v) is 7.91. The third-order valence-electron chi connectivity index (χ3n) is 3.96. The average molecular weight is 274 g/mol. The van der Waals surface area contributed by atoms with Crippen molar-refractivity contribution in [3.8, 4) is 0 Å². The van der Waals surface area contributed by atoms with Gasteiger partial charge in [0.05, 0.1) is 0 Å². The number of amides is 1. The first-order chi connectivity index (χ1) is 8.40. The molecule has 2 aliphatic heterocycles. The number of hydrogen-bond donors (Lipinski definition) is 1. The maximum Gasteiger partial charge on any atom is 0.237 e. The van der Waals surface area contributed by atoms with Crippen LogP contribution in [0.3, 0.4) is 0 Å². The topological polar surface area (TPSA) is 66.5 Å². The smallest absolute Gasteiger partial charge is 0.237 e. The van der Waals surface area contributed by atoms with Gasteiger partial charge in [0, 0.05) is 31.3 Å². The van der Waals surface area contributed by atoms with E-state index in [1.165, 1.54) is 0 Å². The van der Waals surface area contributed by atoms with Crippen molar-refractivity contribution in [1.29, 1.82) is 0 Å². The van der Waals surface area contributed by atoms with Gasteiger partial charge in [-0.1, -0.05) is 0 Å². The van der Waals surface area contributed by atoms with Crippen molar-refractivity contribution in [3.63, 3.8) is 0 Å². The molecule has 5 nitrogen and oxygen atoms in total. The SMILES string of the molecule is CS(=O)(=O)CC(=O)N1CCCC2(CCCNC2)C1. The van der Waals surface area contributed by atoms with E-state index >= 15 is 0 Å². The third kappa shape index (κ3) is 3.45. The first-order valence-electron chi connectivity index (χ1n) is 6.57. The van der Waals surface area contributed by atoms with E-state index in [2.05, 4.69) is 5.32 Å². The number of hydrogen-bond acceptors (Lipinski definition) is 4. The van der Waals surface area contributed by atoms with Crippen LogP contribution in [0.4, 0.5) is 0 Å². The minimum absolute atomic E-state index is 0.184. The minimum atomic E-state index is -3.22. The van der Waals surface area contributed by atoms with Crippen LogP contribution in [-0.2, 0) is 14.6 Å². The van der Waals surface area contributed by atoms with Gasteiger partial charge in [-0.25, -0.2) is 8.42 Å². The number of carbonyl (C=O) groups excluding carboxylic acids is 1. The Kier molecular flexibility index (Phi) is 3.96. The first-order valence-corrected chi connectivity index (χ1v) is 8.63. The van der Waals surface area contributed by atoms with Crippen LogP contribution in [0.2, 0.25) is 0 Å². The van der Waals surface area contributed by atoms with Crippen LogP contribution in [0.25, 0.3) is 0 Å². The monoisotopic (exact) mass is 274 g/mol. The standard InChI is InChI=1S/C12H22N2O3S/c1-18(16,17)8-11(15)14-7-3-5-12(10-14)4-2-6-13-9-12/h13H,2-10H2,1H3. The molecule has 1 spiro atoms. The first kappa shape index (κ1) is 13.8. The van der Waals surface area contributed by atoms with Crippen LogP contribution >= 0.6 is 0 Å². The number of rotatable bonds is 2. The zero-order valence-electron chi connectivity index (χ0n) is 10.9. The highest BCUT2D eigenvalue weighted by Gasteiger charge is 2.38. The summed E-state index contributed by atoms with van der Waals surface area (Å²) in [7, 11) is -3.22. The molecule has 1 N–H and O–H groups in total. The van der Waals surface area contributed by atoms with E-state index in [1.807, 2.05) is 0 Å². The maximum absolute atomic E-state index is 12.0. The molecule has 0 bridgehead atoms. The van der Waals surface area contributed by atoms with Gasteiger partial charge < -0.3 is 10.2 Å². The van der Waals surface area contributed by atoms with Gasteiger partial charge in [0.25, 0.3) is 0 Å². The molecule has 1 unspecified atom stereocenters. The zero-order valence-corrected chi connectivity index (χ0v) is 11.8. The fourth-order valence-electron chi connectivity index (χ4n) is 3.12. The summed E-state index contributed by atoms with van der Waals surface area (Å²) >= 11 is 0. The average Bonchev–Trinajstić information content (AvgIpc) is 2.28. The van der Waals surface area contributed by atoms with E-state index in [0.29, 0.717) is 13.1 Å². The molecule has 2 rings (SSSR count). The summed E-state index contributed by atoms with van der Waals surface area (Å²) < 4.78 is 22.4. The van der Waals surface area contributed by atoms with E-state index in [-0.39, 0.29) is 17.1 Å². The lowest BCUT2D eigenvalue weighted by atomic mass is 9.74. The molecule has 0 aromatic heterocycles. The lowest BCUT2D eigenvalue weighted by Crippen LogP contribution is -2.53.